The van der Waals surface area contributed by atoms with Crippen LogP contribution in [0.3, 0.4) is 0 Å². The van der Waals surface area contributed by atoms with Gasteiger partial charge in [-0.05, 0) is 42.7 Å². The Morgan fingerprint density at radius 3 is 2.45 bits per heavy atom. The van der Waals surface area contributed by atoms with Crippen LogP contribution in [0, 0.1) is 5.92 Å². The average molecular weight is 460 g/mol. The number of amides is 3. The van der Waals surface area contributed by atoms with Crippen LogP contribution in [-0.2, 0) is 22.6 Å². The first-order valence-electron chi connectivity index (χ1n) is 12.2. The molecule has 2 atom stereocenters. The quantitative estimate of drug-likeness (QED) is 0.453. The Hall–Kier alpha value is -2.61. The lowest BCUT2D eigenvalue weighted by molar-refractivity contribution is -0.132. The summed E-state index contributed by atoms with van der Waals surface area (Å²) in [5.74, 6) is -0.110. The van der Waals surface area contributed by atoms with Gasteiger partial charge in [-0.3, -0.25) is 9.59 Å². The molecule has 0 aromatic heterocycles. The fourth-order valence-corrected chi connectivity index (χ4v) is 5.02. The number of rotatable bonds is 9. The molecular weight excluding hydrogens is 422 g/mol. The van der Waals surface area contributed by atoms with Crippen LogP contribution in [0.2, 0.25) is 0 Å². The lowest BCUT2D eigenvalue weighted by Crippen LogP contribution is -2.51. The van der Waals surface area contributed by atoms with Gasteiger partial charge in [-0.25, -0.2) is 4.79 Å². The minimum Gasteiger partial charge on any atom is -0.465 e. The van der Waals surface area contributed by atoms with Gasteiger partial charge >= 0.3 is 6.09 Å². The van der Waals surface area contributed by atoms with E-state index < -0.39 is 24.1 Å². The summed E-state index contributed by atoms with van der Waals surface area (Å²) in [5.41, 5.74) is 2.45. The van der Waals surface area contributed by atoms with Crippen molar-refractivity contribution >= 4 is 17.9 Å². The number of aryl methyl sites for hydroxylation is 1. The molecule has 8 heteroatoms. The van der Waals surface area contributed by atoms with Crippen LogP contribution >= 0.6 is 0 Å². The van der Waals surface area contributed by atoms with E-state index in [1.165, 1.54) is 17.5 Å². The molecule has 1 heterocycles. The molecule has 0 radical (unpaired) electrons. The molecule has 3 rings (SSSR count). The van der Waals surface area contributed by atoms with Gasteiger partial charge in [0.25, 0.3) is 0 Å². The van der Waals surface area contributed by atoms with E-state index in [2.05, 4.69) is 22.8 Å². The monoisotopic (exact) mass is 459 g/mol. The maximum absolute atomic E-state index is 12.9. The van der Waals surface area contributed by atoms with Crippen molar-refractivity contribution in [2.75, 3.05) is 13.2 Å². The van der Waals surface area contributed by atoms with Gasteiger partial charge in [-0.1, -0.05) is 56.4 Å². The first-order valence-corrected chi connectivity index (χ1v) is 12.2. The van der Waals surface area contributed by atoms with Gasteiger partial charge in [0, 0.05) is 19.5 Å². The van der Waals surface area contributed by atoms with E-state index >= 15 is 0 Å². The first-order chi connectivity index (χ1) is 16.0. The van der Waals surface area contributed by atoms with Crippen molar-refractivity contribution in [3.05, 3.63) is 35.4 Å². The highest BCUT2D eigenvalue weighted by Gasteiger charge is 2.28. The summed E-state index contributed by atoms with van der Waals surface area (Å²) in [6.07, 6.45) is 7.01. The number of carboxylic acid groups (broad SMARTS) is 1. The topological polar surface area (TPSA) is 119 Å². The van der Waals surface area contributed by atoms with Crippen molar-refractivity contribution in [1.29, 1.82) is 0 Å². The molecule has 0 bridgehead atoms. The highest BCUT2D eigenvalue weighted by atomic mass is 16.4. The number of aliphatic hydroxyl groups excluding tert-OH is 1. The Morgan fingerprint density at radius 2 is 1.76 bits per heavy atom. The van der Waals surface area contributed by atoms with E-state index in [-0.39, 0.29) is 18.9 Å². The van der Waals surface area contributed by atoms with Crippen molar-refractivity contribution in [2.45, 2.75) is 82.8 Å². The number of aliphatic hydroxyl groups is 1. The zero-order valence-corrected chi connectivity index (χ0v) is 19.3. The minimum absolute atomic E-state index is 0.00168. The predicted octanol–water partition coefficient (Wildman–Crippen LogP) is 2.83. The number of nitrogens with zero attached hydrogens (tertiary/aromatic N) is 1. The number of carbonyl (C=O) groups is 3. The predicted molar refractivity (Wildman–Crippen MR) is 125 cm³/mol. The third-order valence-electron chi connectivity index (χ3n) is 6.89. The third-order valence-corrected chi connectivity index (χ3v) is 6.89. The van der Waals surface area contributed by atoms with Crippen LogP contribution in [0.5, 0.6) is 0 Å². The Kier molecular flexibility index (Phi) is 9.54. The Bertz CT molecular complexity index is 809. The molecular formula is C25H37N3O5. The van der Waals surface area contributed by atoms with Crippen molar-refractivity contribution in [2.24, 2.45) is 5.92 Å². The zero-order valence-electron chi connectivity index (χ0n) is 19.3. The van der Waals surface area contributed by atoms with Crippen LogP contribution in [-0.4, -0.2) is 58.3 Å². The van der Waals surface area contributed by atoms with Crippen LogP contribution in [0.4, 0.5) is 4.79 Å². The summed E-state index contributed by atoms with van der Waals surface area (Å²) in [5, 5.41) is 24.1. The Morgan fingerprint density at radius 1 is 1.03 bits per heavy atom. The van der Waals surface area contributed by atoms with Gasteiger partial charge in [0.2, 0.25) is 11.8 Å². The lowest BCUT2D eigenvalue weighted by Gasteiger charge is -2.27. The van der Waals surface area contributed by atoms with Crippen molar-refractivity contribution < 1.29 is 24.6 Å². The van der Waals surface area contributed by atoms with Crippen molar-refractivity contribution in [1.82, 2.24) is 15.5 Å². The molecule has 0 saturated heterocycles. The normalized spacial score (nSPS) is 18.5. The molecule has 2 unspecified atom stereocenters. The minimum atomic E-state index is -1.23. The highest BCUT2D eigenvalue weighted by molar-refractivity contribution is 5.85. The summed E-state index contributed by atoms with van der Waals surface area (Å²) in [6.45, 7) is 0.970. The van der Waals surface area contributed by atoms with Gasteiger partial charge in [0.1, 0.15) is 6.04 Å². The molecule has 3 amide bonds. The largest absolute Gasteiger partial charge is 0.465 e. The second-order valence-electron chi connectivity index (χ2n) is 9.36. The Labute approximate surface area is 195 Å². The Balaban J connectivity index is 1.52. The molecule has 182 valence electrons. The number of fused-ring (bicyclic) bond motifs is 1. The molecule has 1 aliphatic carbocycles. The SMILES string of the molecule is O=C(O)NC(CC1CCCCC1)C(=O)NC(CO)CCC(=O)N1CCCc2ccccc2C1. The van der Waals surface area contributed by atoms with E-state index in [9.17, 15) is 24.6 Å². The van der Waals surface area contributed by atoms with Crippen molar-refractivity contribution in [3.8, 4) is 0 Å². The fourth-order valence-electron chi connectivity index (χ4n) is 5.02. The molecule has 1 saturated carbocycles. The van der Waals surface area contributed by atoms with Crippen molar-refractivity contribution in [3.63, 3.8) is 0 Å². The first kappa shape index (κ1) is 25.0. The molecule has 1 aromatic carbocycles. The second-order valence-corrected chi connectivity index (χ2v) is 9.36. The van der Waals surface area contributed by atoms with Gasteiger partial charge in [-0.15, -0.1) is 0 Å². The summed E-state index contributed by atoms with van der Waals surface area (Å²) < 4.78 is 0. The van der Waals surface area contributed by atoms with Gasteiger partial charge in [0.05, 0.1) is 12.6 Å². The highest BCUT2D eigenvalue weighted by Crippen LogP contribution is 2.27. The lowest BCUT2D eigenvalue weighted by atomic mass is 9.84. The number of nitrogens with one attached hydrogen (secondary N) is 2. The average Bonchev–Trinajstić information content (AvgIpc) is 3.04. The van der Waals surface area contributed by atoms with E-state index in [4.69, 9.17) is 0 Å². The van der Waals surface area contributed by atoms with E-state index in [0.717, 1.165) is 38.5 Å². The van der Waals surface area contributed by atoms with Gasteiger partial charge in [-0.2, -0.15) is 0 Å². The summed E-state index contributed by atoms with van der Waals surface area (Å²) in [6, 6.07) is 6.72. The fraction of sp³-hybridized carbons (Fsp3) is 0.640. The smallest absolute Gasteiger partial charge is 0.405 e. The number of hydrogen-bond acceptors (Lipinski definition) is 4. The summed E-state index contributed by atoms with van der Waals surface area (Å²) >= 11 is 0. The number of hydrogen-bond donors (Lipinski definition) is 4. The number of carbonyl (C=O) groups excluding carboxylic acids is 2. The van der Waals surface area contributed by atoms with E-state index in [1.54, 1.807) is 0 Å². The molecule has 1 aliphatic heterocycles. The second kappa shape index (κ2) is 12.6. The molecule has 1 aromatic rings. The molecule has 4 N–H and O–H groups in total. The van der Waals surface area contributed by atoms with Gasteiger partial charge in [0.15, 0.2) is 0 Å². The molecule has 2 aliphatic rings. The van der Waals surface area contributed by atoms with Crippen LogP contribution in [0.15, 0.2) is 24.3 Å². The van der Waals surface area contributed by atoms with E-state index in [0.29, 0.717) is 31.8 Å². The molecule has 1 fully saturated rings. The maximum atomic E-state index is 12.9. The zero-order chi connectivity index (χ0) is 23.6. The van der Waals surface area contributed by atoms with Crippen LogP contribution in [0.25, 0.3) is 0 Å². The van der Waals surface area contributed by atoms with Crippen LogP contribution < -0.4 is 10.6 Å². The standard InChI is InChI=1S/C25H37N3O5/c29-17-21(26-24(31)22(27-25(32)33)15-18-7-2-1-3-8-18)12-13-23(30)28-14-6-11-19-9-4-5-10-20(19)16-28/h4-5,9-10,18,21-22,27,29H,1-3,6-8,11-17H2,(H,26,31)(H,32,33). The maximum Gasteiger partial charge on any atom is 0.405 e. The van der Waals surface area contributed by atoms with E-state index in [1.807, 2.05) is 17.0 Å². The molecule has 0 spiro atoms. The molecule has 33 heavy (non-hydrogen) atoms. The summed E-state index contributed by atoms with van der Waals surface area (Å²) in [7, 11) is 0. The van der Waals surface area contributed by atoms with Gasteiger partial charge < -0.3 is 25.7 Å². The number of benzene rings is 1. The molecule has 8 nitrogen and oxygen atoms in total. The summed E-state index contributed by atoms with van der Waals surface area (Å²) in [4.78, 5) is 38.7. The third kappa shape index (κ3) is 7.74. The van der Waals surface area contributed by atoms with Crippen LogP contribution in [0.1, 0.15) is 68.9 Å².